The van der Waals surface area contributed by atoms with Crippen molar-refractivity contribution in [3.8, 4) is 0 Å². The van der Waals surface area contributed by atoms with Crippen LogP contribution < -0.4 is 21.1 Å². The molecule has 0 aromatic heterocycles. The molecule has 0 aliphatic heterocycles. The van der Waals surface area contributed by atoms with E-state index in [0.29, 0.717) is 16.9 Å². The molecular weight excluding hydrogens is 356 g/mol. The highest BCUT2D eigenvalue weighted by molar-refractivity contribution is 7.92. The summed E-state index contributed by atoms with van der Waals surface area (Å²) in [5, 5.41) is 5.29. The number of carbonyl (C=O) groups is 2. The summed E-state index contributed by atoms with van der Waals surface area (Å²) >= 11 is 0. The fourth-order valence-corrected chi connectivity index (χ4v) is 2.85. The summed E-state index contributed by atoms with van der Waals surface area (Å²) < 4.78 is 24.9. The van der Waals surface area contributed by atoms with Crippen LogP contribution in [0.2, 0.25) is 0 Å². The van der Waals surface area contributed by atoms with Crippen molar-refractivity contribution in [2.75, 3.05) is 16.3 Å². The SMILES string of the molecule is CC(NC(=O)c1cccc(NS(C)(=O)=O)c1)c1ccc(NC(N)=O)cc1. The van der Waals surface area contributed by atoms with E-state index in [1.54, 1.807) is 42.5 Å². The number of nitrogens with two attached hydrogens (primary N) is 1. The molecule has 2 rings (SSSR count). The van der Waals surface area contributed by atoms with Gasteiger partial charge in [0.25, 0.3) is 5.91 Å². The van der Waals surface area contributed by atoms with Crippen molar-refractivity contribution < 1.29 is 18.0 Å². The number of hydrogen-bond acceptors (Lipinski definition) is 4. The van der Waals surface area contributed by atoms with Crippen molar-refractivity contribution >= 4 is 33.3 Å². The van der Waals surface area contributed by atoms with E-state index < -0.39 is 16.1 Å². The molecule has 0 spiro atoms. The van der Waals surface area contributed by atoms with Gasteiger partial charge in [0.2, 0.25) is 10.0 Å². The fourth-order valence-electron chi connectivity index (χ4n) is 2.30. The first-order valence-corrected chi connectivity index (χ1v) is 9.58. The fraction of sp³-hybridized carbons (Fsp3) is 0.176. The molecule has 0 radical (unpaired) electrons. The van der Waals surface area contributed by atoms with Crippen LogP contribution in [-0.2, 0) is 10.0 Å². The van der Waals surface area contributed by atoms with Gasteiger partial charge in [-0.3, -0.25) is 9.52 Å². The maximum Gasteiger partial charge on any atom is 0.316 e. The molecular formula is C17H20N4O4S. The van der Waals surface area contributed by atoms with Crippen molar-refractivity contribution in [3.05, 3.63) is 59.7 Å². The predicted octanol–water partition coefficient (Wildman–Crippen LogP) is 2.04. The summed E-state index contributed by atoms with van der Waals surface area (Å²) in [7, 11) is -3.42. The summed E-state index contributed by atoms with van der Waals surface area (Å²) in [6.07, 6.45) is 1.04. The molecule has 9 heteroatoms. The lowest BCUT2D eigenvalue weighted by Gasteiger charge is -2.15. The van der Waals surface area contributed by atoms with E-state index in [1.165, 1.54) is 6.07 Å². The van der Waals surface area contributed by atoms with Crippen LogP contribution >= 0.6 is 0 Å². The van der Waals surface area contributed by atoms with Crippen molar-refractivity contribution in [2.24, 2.45) is 5.73 Å². The lowest BCUT2D eigenvalue weighted by atomic mass is 10.1. The second-order valence-corrected chi connectivity index (χ2v) is 7.51. The van der Waals surface area contributed by atoms with E-state index in [2.05, 4.69) is 15.4 Å². The number of primary amides is 1. The molecule has 26 heavy (non-hydrogen) atoms. The monoisotopic (exact) mass is 376 g/mol. The number of anilines is 2. The van der Waals surface area contributed by atoms with E-state index in [1.807, 2.05) is 6.92 Å². The lowest BCUT2D eigenvalue weighted by Crippen LogP contribution is -2.26. The first-order chi connectivity index (χ1) is 12.1. The average molecular weight is 376 g/mol. The predicted molar refractivity (Wildman–Crippen MR) is 100 cm³/mol. The van der Waals surface area contributed by atoms with Gasteiger partial charge in [0.15, 0.2) is 0 Å². The van der Waals surface area contributed by atoms with Crippen LogP contribution in [0, 0.1) is 0 Å². The van der Waals surface area contributed by atoms with Crippen molar-refractivity contribution in [1.82, 2.24) is 5.32 Å². The Kier molecular flexibility index (Phi) is 5.83. The molecule has 0 fully saturated rings. The highest BCUT2D eigenvalue weighted by atomic mass is 32.2. The number of carbonyl (C=O) groups excluding carboxylic acids is 2. The van der Waals surface area contributed by atoms with Gasteiger partial charge < -0.3 is 16.4 Å². The van der Waals surface area contributed by atoms with Gasteiger partial charge in [-0.2, -0.15) is 0 Å². The zero-order valence-electron chi connectivity index (χ0n) is 14.3. The zero-order valence-corrected chi connectivity index (χ0v) is 15.1. The molecule has 1 atom stereocenters. The number of rotatable bonds is 6. The lowest BCUT2D eigenvalue weighted by molar-refractivity contribution is 0.0940. The minimum Gasteiger partial charge on any atom is -0.351 e. The summed E-state index contributed by atoms with van der Waals surface area (Å²) in [5.74, 6) is -0.339. The Labute approximate surface area is 151 Å². The summed E-state index contributed by atoms with van der Waals surface area (Å²) in [6.45, 7) is 1.81. The molecule has 0 aliphatic rings. The zero-order chi connectivity index (χ0) is 19.3. The topological polar surface area (TPSA) is 130 Å². The summed E-state index contributed by atoms with van der Waals surface area (Å²) in [6, 6.07) is 12.1. The number of urea groups is 1. The molecule has 3 amide bonds. The number of sulfonamides is 1. The number of nitrogens with one attached hydrogen (secondary N) is 3. The van der Waals surface area contributed by atoms with E-state index in [0.717, 1.165) is 11.8 Å². The Morgan fingerprint density at radius 1 is 1.04 bits per heavy atom. The molecule has 2 aromatic rings. The van der Waals surface area contributed by atoms with Gasteiger partial charge in [0.1, 0.15) is 0 Å². The first kappa shape index (κ1) is 19.3. The van der Waals surface area contributed by atoms with Gasteiger partial charge >= 0.3 is 6.03 Å². The molecule has 1 unspecified atom stereocenters. The van der Waals surface area contributed by atoms with Crippen molar-refractivity contribution in [2.45, 2.75) is 13.0 Å². The van der Waals surface area contributed by atoms with Gasteiger partial charge in [-0.1, -0.05) is 18.2 Å². The van der Waals surface area contributed by atoms with Crippen LogP contribution in [0.1, 0.15) is 28.9 Å². The normalized spacial score (nSPS) is 12.1. The number of hydrogen-bond donors (Lipinski definition) is 4. The quantitative estimate of drug-likeness (QED) is 0.614. The van der Waals surface area contributed by atoms with Crippen molar-refractivity contribution in [3.63, 3.8) is 0 Å². The van der Waals surface area contributed by atoms with Crippen molar-refractivity contribution in [1.29, 1.82) is 0 Å². The van der Waals surface area contributed by atoms with Crippen LogP contribution in [0.5, 0.6) is 0 Å². The van der Waals surface area contributed by atoms with E-state index >= 15 is 0 Å². The molecule has 8 nitrogen and oxygen atoms in total. The molecule has 0 saturated heterocycles. The molecule has 5 N–H and O–H groups in total. The van der Waals surface area contributed by atoms with Gasteiger partial charge in [-0.05, 0) is 42.8 Å². The minimum atomic E-state index is -3.42. The van der Waals surface area contributed by atoms with Gasteiger partial charge in [0.05, 0.1) is 12.3 Å². The smallest absolute Gasteiger partial charge is 0.316 e. The average Bonchev–Trinajstić information content (AvgIpc) is 2.53. The number of benzene rings is 2. The van der Waals surface area contributed by atoms with E-state index in [9.17, 15) is 18.0 Å². The third-order valence-electron chi connectivity index (χ3n) is 3.45. The third kappa shape index (κ3) is 5.78. The molecule has 0 saturated carbocycles. The van der Waals surface area contributed by atoms with Crippen LogP contribution in [-0.4, -0.2) is 26.6 Å². The maximum atomic E-state index is 12.4. The summed E-state index contributed by atoms with van der Waals surface area (Å²) in [5.41, 5.74) is 7.09. The highest BCUT2D eigenvalue weighted by Crippen LogP contribution is 2.18. The van der Waals surface area contributed by atoms with E-state index in [-0.39, 0.29) is 11.9 Å². The molecule has 0 aliphatic carbocycles. The first-order valence-electron chi connectivity index (χ1n) is 7.69. The Bertz CT molecular complexity index is 911. The molecule has 0 heterocycles. The van der Waals surface area contributed by atoms with Crippen LogP contribution in [0.3, 0.4) is 0 Å². The molecule has 2 aromatic carbocycles. The Morgan fingerprint density at radius 2 is 1.69 bits per heavy atom. The van der Waals surface area contributed by atoms with E-state index in [4.69, 9.17) is 5.73 Å². The number of amides is 3. The van der Waals surface area contributed by atoms with Crippen LogP contribution in [0.25, 0.3) is 0 Å². The van der Waals surface area contributed by atoms with Gasteiger partial charge in [-0.15, -0.1) is 0 Å². The third-order valence-corrected chi connectivity index (χ3v) is 4.06. The molecule has 138 valence electrons. The maximum absolute atomic E-state index is 12.4. The summed E-state index contributed by atoms with van der Waals surface area (Å²) in [4.78, 5) is 23.2. The minimum absolute atomic E-state index is 0.295. The standard InChI is InChI=1S/C17H20N4O4S/c1-11(12-6-8-14(9-7-12)20-17(18)23)19-16(22)13-4-3-5-15(10-13)21-26(2,24)25/h3-11,21H,1-2H3,(H,19,22)(H3,18,20,23). The molecule has 0 bridgehead atoms. The largest absolute Gasteiger partial charge is 0.351 e. The van der Waals surface area contributed by atoms with Gasteiger partial charge in [-0.25, -0.2) is 13.2 Å². The Balaban J connectivity index is 2.07. The van der Waals surface area contributed by atoms with Crippen LogP contribution in [0.15, 0.2) is 48.5 Å². The van der Waals surface area contributed by atoms with Gasteiger partial charge in [0, 0.05) is 16.9 Å². The van der Waals surface area contributed by atoms with Crippen LogP contribution in [0.4, 0.5) is 16.2 Å². The second kappa shape index (κ2) is 7.87. The Morgan fingerprint density at radius 3 is 2.27 bits per heavy atom. The highest BCUT2D eigenvalue weighted by Gasteiger charge is 2.13. The Hall–Kier alpha value is -3.07. The second-order valence-electron chi connectivity index (χ2n) is 5.76.